The van der Waals surface area contributed by atoms with Gasteiger partial charge in [-0.15, -0.1) is 0 Å². The first kappa shape index (κ1) is 19.5. The number of unbranched alkanes of at least 4 members (excludes halogenated alkanes) is 3. The Morgan fingerprint density at radius 3 is 2.76 bits per heavy atom. The summed E-state index contributed by atoms with van der Waals surface area (Å²) in [6, 6.07) is 7.65. The third-order valence-electron chi connectivity index (χ3n) is 4.36. The minimum Gasteiger partial charge on any atom is -0.463 e. The summed E-state index contributed by atoms with van der Waals surface area (Å²) in [5.41, 5.74) is 6.32. The largest absolute Gasteiger partial charge is 0.463 e. The standard InChI is InChI=1S/C20H27ClN2O2/c1-4-6-7-8-12-17-19(15-10-9-11-16(21)13-15)18(14(3)22-23-17)20(24)25-5-2/h9-11,13,19,22H,4-8,12H2,1-3H3. The Morgan fingerprint density at radius 1 is 1.28 bits per heavy atom. The first-order valence-corrected chi connectivity index (χ1v) is 9.42. The smallest absolute Gasteiger partial charge is 0.336 e. The molecule has 4 nitrogen and oxygen atoms in total. The number of nitrogens with one attached hydrogen (secondary N) is 1. The van der Waals surface area contributed by atoms with Crippen molar-refractivity contribution in [3.05, 3.63) is 46.1 Å². The average Bonchev–Trinajstić information content (AvgIpc) is 2.59. The number of carbonyl (C=O) groups excluding carboxylic acids is 1. The van der Waals surface area contributed by atoms with E-state index in [-0.39, 0.29) is 11.9 Å². The second-order valence-electron chi connectivity index (χ2n) is 6.27. The fourth-order valence-electron chi connectivity index (χ4n) is 3.12. The van der Waals surface area contributed by atoms with E-state index in [1.54, 1.807) is 0 Å². The van der Waals surface area contributed by atoms with Crippen LogP contribution in [-0.4, -0.2) is 18.3 Å². The summed E-state index contributed by atoms with van der Waals surface area (Å²) < 4.78 is 5.30. The second-order valence-corrected chi connectivity index (χ2v) is 6.71. The maximum Gasteiger partial charge on any atom is 0.336 e. The monoisotopic (exact) mass is 362 g/mol. The van der Waals surface area contributed by atoms with Gasteiger partial charge in [0.2, 0.25) is 0 Å². The molecule has 136 valence electrons. The number of carbonyl (C=O) groups is 1. The number of nitrogens with zero attached hydrogens (tertiary/aromatic N) is 1. The predicted octanol–water partition coefficient (Wildman–Crippen LogP) is 5.19. The van der Waals surface area contributed by atoms with Crippen LogP contribution in [0.5, 0.6) is 0 Å². The van der Waals surface area contributed by atoms with E-state index in [4.69, 9.17) is 16.3 Å². The lowest BCUT2D eigenvalue weighted by molar-refractivity contribution is -0.138. The van der Waals surface area contributed by atoms with Crippen LogP contribution in [0.4, 0.5) is 0 Å². The molecule has 0 fully saturated rings. The zero-order valence-electron chi connectivity index (χ0n) is 15.3. The van der Waals surface area contributed by atoms with Crippen molar-refractivity contribution in [2.24, 2.45) is 5.10 Å². The van der Waals surface area contributed by atoms with Gasteiger partial charge in [-0.2, -0.15) is 5.10 Å². The van der Waals surface area contributed by atoms with Crippen LogP contribution < -0.4 is 5.43 Å². The molecule has 1 aromatic rings. The summed E-state index contributed by atoms with van der Waals surface area (Å²) in [6.07, 6.45) is 5.47. The van der Waals surface area contributed by atoms with E-state index in [2.05, 4.69) is 17.5 Å². The molecule has 0 spiro atoms. The first-order chi connectivity index (χ1) is 12.1. The molecular weight excluding hydrogens is 336 g/mol. The Labute approximate surface area is 155 Å². The van der Waals surface area contributed by atoms with Gasteiger partial charge >= 0.3 is 5.97 Å². The molecule has 0 radical (unpaired) electrons. The SMILES string of the molecule is CCCCCCC1=NNC(C)=C(C(=O)OCC)C1c1cccc(Cl)c1. The van der Waals surface area contributed by atoms with E-state index < -0.39 is 0 Å². The molecule has 0 aromatic heterocycles. The fraction of sp³-hybridized carbons (Fsp3) is 0.500. The minimum absolute atomic E-state index is 0.208. The van der Waals surface area contributed by atoms with Crippen molar-refractivity contribution >= 4 is 23.3 Å². The number of halogens is 1. The van der Waals surface area contributed by atoms with Gasteiger partial charge in [-0.25, -0.2) is 4.79 Å². The second kappa shape index (κ2) is 9.62. The number of rotatable bonds is 8. The van der Waals surface area contributed by atoms with Crippen molar-refractivity contribution in [2.75, 3.05) is 6.61 Å². The number of ether oxygens (including phenoxy) is 1. The van der Waals surface area contributed by atoms with E-state index >= 15 is 0 Å². The molecule has 1 N–H and O–H groups in total. The van der Waals surface area contributed by atoms with Gasteiger partial charge in [-0.3, -0.25) is 5.43 Å². The highest BCUT2D eigenvalue weighted by Crippen LogP contribution is 2.34. The maximum atomic E-state index is 12.6. The summed E-state index contributed by atoms with van der Waals surface area (Å²) in [5, 5.41) is 5.20. The van der Waals surface area contributed by atoms with Crippen LogP contribution in [0.2, 0.25) is 5.02 Å². The number of hydrazone groups is 1. The van der Waals surface area contributed by atoms with E-state index in [0.717, 1.165) is 36.2 Å². The predicted molar refractivity (Wildman–Crippen MR) is 103 cm³/mol. The van der Waals surface area contributed by atoms with E-state index in [9.17, 15) is 4.79 Å². The Bertz CT molecular complexity index is 667. The zero-order chi connectivity index (χ0) is 18.2. The summed E-state index contributed by atoms with van der Waals surface area (Å²) in [6.45, 7) is 6.22. The summed E-state index contributed by atoms with van der Waals surface area (Å²) in [7, 11) is 0. The lowest BCUT2D eigenvalue weighted by Gasteiger charge is -2.27. The Balaban J connectivity index is 2.34. The zero-order valence-corrected chi connectivity index (χ0v) is 16.0. The minimum atomic E-state index is -0.293. The highest BCUT2D eigenvalue weighted by atomic mass is 35.5. The number of esters is 1. The molecule has 5 heteroatoms. The molecule has 1 unspecified atom stereocenters. The van der Waals surface area contributed by atoms with Crippen LogP contribution in [0.25, 0.3) is 0 Å². The molecule has 1 aromatic carbocycles. The van der Waals surface area contributed by atoms with Crippen molar-refractivity contribution in [3.63, 3.8) is 0 Å². The van der Waals surface area contributed by atoms with Gasteiger partial charge in [0.05, 0.1) is 23.8 Å². The van der Waals surface area contributed by atoms with E-state index in [0.29, 0.717) is 17.2 Å². The van der Waals surface area contributed by atoms with Crippen LogP contribution in [0.1, 0.15) is 64.4 Å². The van der Waals surface area contributed by atoms with Crippen LogP contribution >= 0.6 is 11.6 Å². The summed E-state index contributed by atoms with van der Waals surface area (Å²) in [4.78, 5) is 12.6. The molecule has 1 heterocycles. The summed E-state index contributed by atoms with van der Waals surface area (Å²) >= 11 is 6.19. The highest BCUT2D eigenvalue weighted by molar-refractivity contribution is 6.30. The normalized spacial score (nSPS) is 17.1. The molecule has 1 aliphatic rings. The third-order valence-corrected chi connectivity index (χ3v) is 4.59. The lowest BCUT2D eigenvalue weighted by atomic mass is 9.83. The molecule has 0 saturated heterocycles. The van der Waals surface area contributed by atoms with Crippen LogP contribution in [0.3, 0.4) is 0 Å². The number of benzene rings is 1. The maximum absolute atomic E-state index is 12.6. The van der Waals surface area contributed by atoms with Gasteiger partial charge in [-0.1, -0.05) is 49.9 Å². The molecule has 0 bridgehead atoms. The molecule has 25 heavy (non-hydrogen) atoms. The number of allylic oxidation sites excluding steroid dienone is 1. The summed E-state index contributed by atoms with van der Waals surface area (Å²) in [5.74, 6) is -0.501. The van der Waals surface area contributed by atoms with Crippen LogP contribution in [0.15, 0.2) is 40.6 Å². The first-order valence-electron chi connectivity index (χ1n) is 9.04. The molecule has 1 aliphatic heterocycles. The molecule has 0 saturated carbocycles. The fourth-order valence-corrected chi connectivity index (χ4v) is 3.32. The topological polar surface area (TPSA) is 50.7 Å². The average molecular weight is 363 g/mol. The quantitative estimate of drug-likeness (QED) is 0.511. The third kappa shape index (κ3) is 5.08. The van der Waals surface area contributed by atoms with Gasteiger partial charge in [-0.05, 0) is 44.4 Å². The van der Waals surface area contributed by atoms with Gasteiger partial charge < -0.3 is 4.74 Å². The highest BCUT2D eigenvalue weighted by Gasteiger charge is 2.33. The number of hydrogen-bond donors (Lipinski definition) is 1. The lowest BCUT2D eigenvalue weighted by Crippen LogP contribution is -2.31. The Kier molecular flexibility index (Phi) is 7.51. The van der Waals surface area contributed by atoms with E-state index in [1.807, 2.05) is 38.1 Å². The van der Waals surface area contributed by atoms with Gasteiger partial charge in [0.25, 0.3) is 0 Å². The van der Waals surface area contributed by atoms with Crippen LogP contribution in [-0.2, 0) is 9.53 Å². The van der Waals surface area contributed by atoms with Crippen molar-refractivity contribution in [1.82, 2.24) is 5.43 Å². The van der Waals surface area contributed by atoms with Crippen molar-refractivity contribution in [2.45, 2.75) is 58.8 Å². The van der Waals surface area contributed by atoms with Gasteiger partial charge in [0, 0.05) is 10.7 Å². The molecule has 0 amide bonds. The molecule has 2 rings (SSSR count). The van der Waals surface area contributed by atoms with Gasteiger partial charge in [0.15, 0.2) is 0 Å². The molecule has 0 aliphatic carbocycles. The molecular formula is C20H27ClN2O2. The van der Waals surface area contributed by atoms with Gasteiger partial charge in [0.1, 0.15) is 0 Å². The van der Waals surface area contributed by atoms with Crippen LogP contribution in [0, 0.1) is 0 Å². The molecule has 1 atom stereocenters. The van der Waals surface area contributed by atoms with Crippen molar-refractivity contribution < 1.29 is 9.53 Å². The van der Waals surface area contributed by atoms with E-state index in [1.165, 1.54) is 12.8 Å². The van der Waals surface area contributed by atoms with Crippen molar-refractivity contribution in [3.8, 4) is 0 Å². The Morgan fingerprint density at radius 2 is 2.08 bits per heavy atom. The Hall–Kier alpha value is -1.81. The number of hydrogen-bond acceptors (Lipinski definition) is 4. The van der Waals surface area contributed by atoms with Crippen molar-refractivity contribution in [1.29, 1.82) is 0 Å².